The Morgan fingerprint density at radius 1 is 1.12 bits per heavy atom. The number of carboxylic acids is 1. The second kappa shape index (κ2) is 7.76. The molecule has 1 aliphatic rings. The zero-order chi connectivity index (χ0) is 17.7. The van der Waals surface area contributed by atoms with Crippen LogP contribution >= 0.6 is 0 Å². The number of aliphatic carboxylic acids is 1. The van der Waals surface area contributed by atoms with Gasteiger partial charge in [0.1, 0.15) is 0 Å². The third kappa shape index (κ3) is 5.04. The first-order valence-electron chi connectivity index (χ1n) is 7.88. The number of sulfonamides is 1. The smallest absolute Gasteiger partial charge is 0.306 e. The molecule has 8 heteroatoms. The molecule has 1 aromatic carbocycles. The van der Waals surface area contributed by atoms with Gasteiger partial charge in [0, 0.05) is 19.2 Å². The fraction of sp³-hybridized carbons (Fsp3) is 0.500. The molecule has 0 bridgehead atoms. The van der Waals surface area contributed by atoms with Crippen molar-refractivity contribution in [2.75, 3.05) is 11.9 Å². The zero-order valence-corrected chi connectivity index (χ0v) is 14.3. The summed E-state index contributed by atoms with van der Waals surface area (Å²) in [5, 5.41) is 11.5. The Bertz CT molecular complexity index is 692. The third-order valence-corrected chi connectivity index (χ3v) is 5.68. The summed E-state index contributed by atoms with van der Waals surface area (Å²) >= 11 is 0. The van der Waals surface area contributed by atoms with E-state index in [-0.39, 0.29) is 22.6 Å². The molecular weight excluding hydrogens is 332 g/mol. The molecule has 2 rings (SSSR count). The van der Waals surface area contributed by atoms with Gasteiger partial charge >= 0.3 is 5.97 Å². The van der Waals surface area contributed by atoms with Crippen LogP contribution in [0.25, 0.3) is 0 Å². The maximum Gasteiger partial charge on any atom is 0.306 e. The standard InChI is InChI=1S/C16H22N2O5S/c1-11(19)18-14-6-8-15(9-7-14)24(22,23)17-10-12-2-4-13(5-3-12)16(20)21/h6-9,12-13,17H,2-5,10H2,1H3,(H,18,19)(H,20,21). The van der Waals surface area contributed by atoms with Crippen molar-refractivity contribution >= 4 is 27.6 Å². The van der Waals surface area contributed by atoms with Crippen LogP contribution in [0.5, 0.6) is 0 Å². The van der Waals surface area contributed by atoms with E-state index in [1.807, 2.05) is 0 Å². The van der Waals surface area contributed by atoms with Crippen LogP contribution in [0.4, 0.5) is 5.69 Å². The highest BCUT2D eigenvalue weighted by molar-refractivity contribution is 7.89. The van der Waals surface area contributed by atoms with Gasteiger partial charge in [0.15, 0.2) is 0 Å². The lowest BCUT2D eigenvalue weighted by atomic mass is 9.82. The molecule has 0 saturated heterocycles. The molecule has 0 aliphatic heterocycles. The van der Waals surface area contributed by atoms with E-state index in [9.17, 15) is 18.0 Å². The molecule has 7 nitrogen and oxygen atoms in total. The van der Waals surface area contributed by atoms with Crippen LogP contribution in [-0.2, 0) is 19.6 Å². The number of hydrogen-bond acceptors (Lipinski definition) is 4. The Balaban J connectivity index is 1.89. The lowest BCUT2D eigenvalue weighted by Gasteiger charge is -2.26. The summed E-state index contributed by atoms with van der Waals surface area (Å²) in [6.07, 6.45) is 2.60. The first-order valence-corrected chi connectivity index (χ1v) is 9.36. The second-order valence-corrected chi connectivity index (χ2v) is 7.88. The molecule has 0 atom stereocenters. The van der Waals surface area contributed by atoms with Crippen LogP contribution in [0.3, 0.4) is 0 Å². The molecule has 0 aromatic heterocycles. The van der Waals surface area contributed by atoms with E-state index in [1.54, 1.807) is 0 Å². The fourth-order valence-corrected chi connectivity index (χ4v) is 3.96. The molecule has 1 fully saturated rings. The predicted molar refractivity (Wildman–Crippen MR) is 89.0 cm³/mol. The minimum atomic E-state index is -3.61. The largest absolute Gasteiger partial charge is 0.481 e. The molecule has 132 valence electrons. The molecule has 1 aliphatic carbocycles. The minimum absolute atomic E-state index is 0.135. The van der Waals surface area contributed by atoms with Crippen molar-refractivity contribution in [2.24, 2.45) is 11.8 Å². The number of hydrogen-bond donors (Lipinski definition) is 3. The molecule has 24 heavy (non-hydrogen) atoms. The van der Waals surface area contributed by atoms with E-state index in [1.165, 1.54) is 31.2 Å². The topological polar surface area (TPSA) is 113 Å². The van der Waals surface area contributed by atoms with Gasteiger partial charge in [-0.15, -0.1) is 0 Å². The number of carbonyl (C=O) groups is 2. The van der Waals surface area contributed by atoms with Crippen LogP contribution in [0.15, 0.2) is 29.2 Å². The summed E-state index contributed by atoms with van der Waals surface area (Å²) in [7, 11) is -3.61. The van der Waals surface area contributed by atoms with Crippen molar-refractivity contribution in [3.63, 3.8) is 0 Å². The van der Waals surface area contributed by atoms with Crippen LogP contribution in [-0.4, -0.2) is 31.9 Å². The quantitative estimate of drug-likeness (QED) is 0.721. The van der Waals surface area contributed by atoms with Gasteiger partial charge in [-0.3, -0.25) is 9.59 Å². The van der Waals surface area contributed by atoms with Crippen molar-refractivity contribution in [1.82, 2.24) is 4.72 Å². The number of benzene rings is 1. The fourth-order valence-electron chi connectivity index (χ4n) is 2.85. The minimum Gasteiger partial charge on any atom is -0.481 e. The van der Waals surface area contributed by atoms with Crippen LogP contribution in [0, 0.1) is 11.8 Å². The lowest BCUT2D eigenvalue weighted by molar-refractivity contribution is -0.143. The normalized spacial score (nSPS) is 21.2. The van der Waals surface area contributed by atoms with Crippen LogP contribution in [0.2, 0.25) is 0 Å². The molecule has 0 unspecified atom stereocenters. The predicted octanol–water partition coefficient (Wildman–Crippen LogP) is 1.81. The SMILES string of the molecule is CC(=O)Nc1ccc(S(=O)(=O)NCC2CCC(C(=O)O)CC2)cc1. The molecule has 1 amide bonds. The Hall–Kier alpha value is -1.93. The van der Waals surface area contributed by atoms with Crippen molar-refractivity contribution in [3.8, 4) is 0 Å². The molecule has 1 aromatic rings. The monoisotopic (exact) mass is 354 g/mol. The van der Waals surface area contributed by atoms with Crippen molar-refractivity contribution in [2.45, 2.75) is 37.5 Å². The average molecular weight is 354 g/mol. The van der Waals surface area contributed by atoms with Gasteiger partial charge in [0.05, 0.1) is 10.8 Å². The number of anilines is 1. The summed E-state index contributed by atoms with van der Waals surface area (Å²) in [4.78, 5) is 22.0. The van der Waals surface area contributed by atoms with Gasteiger partial charge in [-0.2, -0.15) is 0 Å². The first kappa shape index (κ1) is 18.4. The number of carboxylic acid groups (broad SMARTS) is 1. The number of carbonyl (C=O) groups excluding carboxylic acids is 1. The summed E-state index contributed by atoms with van der Waals surface area (Å²) in [5.74, 6) is -1.14. The van der Waals surface area contributed by atoms with Gasteiger partial charge in [0.25, 0.3) is 0 Å². The summed E-state index contributed by atoms with van der Waals surface area (Å²) < 4.78 is 27.2. The summed E-state index contributed by atoms with van der Waals surface area (Å²) in [5.41, 5.74) is 0.536. The van der Waals surface area contributed by atoms with Crippen LogP contribution in [0.1, 0.15) is 32.6 Å². The van der Waals surface area contributed by atoms with E-state index in [4.69, 9.17) is 5.11 Å². The Morgan fingerprint density at radius 3 is 2.21 bits per heavy atom. The zero-order valence-electron chi connectivity index (χ0n) is 13.5. The van der Waals surface area contributed by atoms with Gasteiger partial charge in [-0.25, -0.2) is 13.1 Å². The maximum atomic E-state index is 12.3. The maximum absolute atomic E-state index is 12.3. The van der Waals surface area contributed by atoms with Gasteiger partial charge in [0.2, 0.25) is 15.9 Å². The van der Waals surface area contributed by atoms with Crippen molar-refractivity contribution in [3.05, 3.63) is 24.3 Å². The number of amides is 1. The van der Waals surface area contributed by atoms with Gasteiger partial charge in [-0.1, -0.05) is 0 Å². The molecule has 3 N–H and O–H groups in total. The Morgan fingerprint density at radius 2 is 1.71 bits per heavy atom. The van der Waals surface area contributed by atoms with E-state index < -0.39 is 16.0 Å². The van der Waals surface area contributed by atoms with Gasteiger partial charge in [-0.05, 0) is 55.9 Å². The number of rotatable bonds is 6. The van der Waals surface area contributed by atoms with E-state index in [0.717, 1.165) is 0 Å². The molecule has 0 heterocycles. The first-order chi connectivity index (χ1) is 11.3. The van der Waals surface area contributed by atoms with Crippen molar-refractivity contribution < 1.29 is 23.1 Å². The Labute approximate surface area is 141 Å². The highest BCUT2D eigenvalue weighted by Crippen LogP contribution is 2.28. The lowest BCUT2D eigenvalue weighted by Crippen LogP contribution is -2.32. The summed E-state index contributed by atoms with van der Waals surface area (Å²) in [6.45, 7) is 1.69. The van der Waals surface area contributed by atoms with Gasteiger partial charge < -0.3 is 10.4 Å². The molecular formula is C16H22N2O5S. The van der Waals surface area contributed by atoms with E-state index in [0.29, 0.717) is 37.9 Å². The molecule has 0 spiro atoms. The molecule has 0 radical (unpaired) electrons. The second-order valence-electron chi connectivity index (χ2n) is 6.11. The average Bonchev–Trinajstić information content (AvgIpc) is 2.53. The van der Waals surface area contributed by atoms with E-state index in [2.05, 4.69) is 10.0 Å². The van der Waals surface area contributed by atoms with Crippen LogP contribution < -0.4 is 10.0 Å². The summed E-state index contributed by atoms with van der Waals surface area (Å²) in [6, 6.07) is 5.95. The van der Waals surface area contributed by atoms with Crippen molar-refractivity contribution in [1.29, 1.82) is 0 Å². The number of nitrogens with one attached hydrogen (secondary N) is 2. The highest BCUT2D eigenvalue weighted by atomic mass is 32.2. The molecule has 1 saturated carbocycles. The van der Waals surface area contributed by atoms with E-state index >= 15 is 0 Å². The Kier molecular flexibility index (Phi) is 5.95. The highest BCUT2D eigenvalue weighted by Gasteiger charge is 2.26. The third-order valence-electron chi connectivity index (χ3n) is 4.24.